The van der Waals surface area contributed by atoms with E-state index in [1.165, 1.54) is 4.88 Å². The normalized spacial score (nSPS) is 18.8. The van der Waals surface area contributed by atoms with Crippen LogP contribution in [0.25, 0.3) is 0 Å². The van der Waals surface area contributed by atoms with Crippen LogP contribution in [0.3, 0.4) is 0 Å². The molecule has 2 aromatic heterocycles. The van der Waals surface area contributed by atoms with Gasteiger partial charge >= 0.3 is 0 Å². The summed E-state index contributed by atoms with van der Waals surface area (Å²) in [7, 11) is 0. The van der Waals surface area contributed by atoms with E-state index in [0.717, 1.165) is 38.3 Å². The molecule has 1 amide bonds. The lowest BCUT2D eigenvalue weighted by atomic mass is 10.2. The van der Waals surface area contributed by atoms with Crippen molar-refractivity contribution in [2.45, 2.75) is 38.5 Å². The second-order valence-corrected chi connectivity index (χ2v) is 7.22. The molecule has 1 aliphatic rings. The van der Waals surface area contributed by atoms with Crippen molar-refractivity contribution in [2.24, 2.45) is 0 Å². The van der Waals surface area contributed by atoms with Crippen LogP contribution in [-0.2, 0) is 16.1 Å². The molecular formula is C18H24N2O3S. The summed E-state index contributed by atoms with van der Waals surface area (Å²) >= 11 is 1.72. The van der Waals surface area contributed by atoms with Gasteiger partial charge in [0.1, 0.15) is 5.76 Å². The van der Waals surface area contributed by atoms with Gasteiger partial charge in [0.2, 0.25) is 5.91 Å². The zero-order valence-electron chi connectivity index (χ0n) is 13.9. The van der Waals surface area contributed by atoms with Gasteiger partial charge in [0, 0.05) is 24.6 Å². The minimum Gasteiger partial charge on any atom is -0.467 e. The third kappa shape index (κ3) is 4.93. The molecule has 24 heavy (non-hydrogen) atoms. The van der Waals surface area contributed by atoms with Crippen molar-refractivity contribution in [3.05, 3.63) is 46.5 Å². The maximum atomic E-state index is 12.4. The first kappa shape index (κ1) is 17.2. The number of furan rings is 1. The molecule has 2 aromatic rings. The first-order valence-electron chi connectivity index (χ1n) is 8.40. The monoisotopic (exact) mass is 348 g/mol. The van der Waals surface area contributed by atoms with E-state index in [4.69, 9.17) is 9.15 Å². The highest BCUT2D eigenvalue weighted by molar-refractivity contribution is 7.09. The fraction of sp³-hybridized carbons (Fsp3) is 0.500. The Morgan fingerprint density at radius 1 is 1.46 bits per heavy atom. The van der Waals surface area contributed by atoms with Gasteiger partial charge in [0.05, 0.1) is 25.0 Å². The third-order valence-electron chi connectivity index (χ3n) is 4.16. The summed E-state index contributed by atoms with van der Waals surface area (Å²) < 4.78 is 11.1. The maximum Gasteiger partial charge on any atom is 0.234 e. The third-order valence-corrected chi connectivity index (χ3v) is 5.02. The van der Waals surface area contributed by atoms with Crippen LogP contribution >= 0.6 is 11.3 Å². The Bertz CT molecular complexity index is 606. The number of ether oxygens (including phenoxy) is 1. The van der Waals surface area contributed by atoms with E-state index >= 15 is 0 Å². The van der Waals surface area contributed by atoms with E-state index in [1.807, 2.05) is 25.1 Å². The Morgan fingerprint density at radius 2 is 2.38 bits per heavy atom. The Labute approximate surface area is 146 Å². The van der Waals surface area contributed by atoms with Crippen molar-refractivity contribution in [3.63, 3.8) is 0 Å². The second kappa shape index (κ2) is 8.46. The van der Waals surface area contributed by atoms with Crippen LogP contribution in [0, 0.1) is 0 Å². The molecule has 0 radical (unpaired) electrons. The fourth-order valence-electron chi connectivity index (χ4n) is 2.98. The molecule has 0 saturated carbocycles. The first-order valence-corrected chi connectivity index (χ1v) is 9.28. The van der Waals surface area contributed by atoms with E-state index in [9.17, 15) is 4.79 Å². The van der Waals surface area contributed by atoms with Crippen molar-refractivity contribution in [3.8, 4) is 0 Å². The van der Waals surface area contributed by atoms with E-state index in [-0.39, 0.29) is 18.1 Å². The molecule has 1 N–H and O–H groups in total. The topological polar surface area (TPSA) is 54.7 Å². The average Bonchev–Trinajstić information content (AvgIpc) is 3.31. The predicted octanol–water partition coefficient (Wildman–Crippen LogP) is 3.20. The van der Waals surface area contributed by atoms with Gasteiger partial charge < -0.3 is 14.5 Å². The van der Waals surface area contributed by atoms with E-state index in [2.05, 4.69) is 21.7 Å². The zero-order valence-corrected chi connectivity index (χ0v) is 14.8. The first-order chi connectivity index (χ1) is 11.7. The lowest BCUT2D eigenvalue weighted by Gasteiger charge is -2.24. The molecule has 1 aliphatic heterocycles. The van der Waals surface area contributed by atoms with E-state index < -0.39 is 0 Å². The molecule has 0 unspecified atom stereocenters. The Balaban J connectivity index is 1.56. The standard InChI is InChI=1S/C18H24N2O3S/c1-14(17-7-3-9-23-17)19-18(21)13-20(11-15-5-2-8-22-15)12-16-6-4-10-24-16/h3-4,6-7,9-10,14-15H,2,5,8,11-13H2,1H3,(H,19,21)/t14-,15-/m0/s1. The fourth-order valence-corrected chi connectivity index (χ4v) is 3.73. The molecule has 1 saturated heterocycles. The molecule has 2 atom stereocenters. The highest BCUT2D eigenvalue weighted by Crippen LogP contribution is 2.17. The van der Waals surface area contributed by atoms with Crippen molar-refractivity contribution in [2.75, 3.05) is 19.7 Å². The van der Waals surface area contributed by atoms with Crippen LogP contribution in [-0.4, -0.2) is 36.6 Å². The molecule has 1 fully saturated rings. The number of carbonyl (C=O) groups is 1. The van der Waals surface area contributed by atoms with Gasteiger partial charge in [0.15, 0.2) is 0 Å². The summed E-state index contributed by atoms with van der Waals surface area (Å²) in [5.74, 6) is 0.778. The van der Waals surface area contributed by atoms with Gasteiger partial charge in [-0.2, -0.15) is 0 Å². The molecular weight excluding hydrogens is 324 g/mol. The van der Waals surface area contributed by atoms with Gasteiger partial charge in [-0.3, -0.25) is 9.69 Å². The smallest absolute Gasteiger partial charge is 0.234 e. The van der Waals surface area contributed by atoms with Crippen molar-refractivity contribution >= 4 is 17.2 Å². The van der Waals surface area contributed by atoms with Crippen molar-refractivity contribution in [1.82, 2.24) is 10.2 Å². The molecule has 130 valence electrons. The SMILES string of the molecule is C[C@H](NC(=O)CN(Cc1cccs1)C[C@@H]1CCCO1)c1ccco1. The van der Waals surface area contributed by atoms with Crippen molar-refractivity contribution in [1.29, 1.82) is 0 Å². The molecule has 0 aliphatic carbocycles. The number of nitrogens with one attached hydrogen (secondary N) is 1. The molecule has 6 heteroatoms. The number of nitrogens with zero attached hydrogens (tertiary/aromatic N) is 1. The number of carbonyl (C=O) groups excluding carboxylic acids is 1. The predicted molar refractivity (Wildman–Crippen MR) is 93.8 cm³/mol. The minimum absolute atomic E-state index is 0.00783. The largest absolute Gasteiger partial charge is 0.467 e. The van der Waals surface area contributed by atoms with Crippen LogP contribution in [0.5, 0.6) is 0 Å². The highest BCUT2D eigenvalue weighted by atomic mass is 32.1. The summed E-state index contributed by atoms with van der Waals surface area (Å²) in [6.07, 6.45) is 4.04. The number of rotatable bonds is 8. The lowest BCUT2D eigenvalue weighted by Crippen LogP contribution is -2.41. The lowest BCUT2D eigenvalue weighted by molar-refractivity contribution is -0.123. The van der Waals surface area contributed by atoms with Gasteiger partial charge in [0.25, 0.3) is 0 Å². The zero-order chi connectivity index (χ0) is 16.8. The summed E-state index contributed by atoms with van der Waals surface area (Å²) in [5.41, 5.74) is 0. The number of hydrogen-bond donors (Lipinski definition) is 1. The second-order valence-electron chi connectivity index (χ2n) is 6.19. The minimum atomic E-state index is -0.126. The van der Waals surface area contributed by atoms with Gasteiger partial charge in [-0.1, -0.05) is 6.07 Å². The molecule has 5 nitrogen and oxygen atoms in total. The Morgan fingerprint density at radius 3 is 3.04 bits per heavy atom. The Hall–Kier alpha value is -1.63. The molecule has 0 bridgehead atoms. The van der Waals surface area contributed by atoms with Crippen LogP contribution in [0.15, 0.2) is 40.3 Å². The van der Waals surface area contributed by atoms with Crippen LogP contribution in [0.1, 0.15) is 36.4 Å². The molecule has 0 aromatic carbocycles. The molecule has 3 rings (SSSR count). The summed E-state index contributed by atoms with van der Waals surface area (Å²) in [4.78, 5) is 15.9. The Kier molecular flexibility index (Phi) is 6.07. The summed E-state index contributed by atoms with van der Waals surface area (Å²) in [6, 6.07) is 7.73. The van der Waals surface area contributed by atoms with Crippen LogP contribution in [0.4, 0.5) is 0 Å². The highest BCUT2D eigenvalue weighted by Gasteiger charge is 2.22. The van der Waals surface area contributed by atoms with Crippen LogP contribution < -0.4 is 5.32 Å². The number of amides is 1. The number of thiophene rings is 1. The van der Waals surface area contributed by atoms with Gasteiger partial charge in [-0.15, -0.1) is 11.3 Å². The quantitative estimate of drug-likeness (QED) is 0.796. The molecule has 0 spiro atoms. The van der Waals surface area contributed by atoms with Crippen LogP contribution in [0.2, 0.25) is 0 Å². The average molecular weight is 348 g/mol. The molecule has 3 heterocycles. The number of hydrogen-bond acceptors (Lipinski definition) is 5. The summed E-state index contributed by atoms with van der Waals surface area (Å²) in [6.45, 7) is 4.70. The van der Waals surface area contributed by atoms with Gasteiger partial charge in [-0.25, -0.2) is 0 Å². The van der Waals surface area contributed by atoms with Crippen molar-refractivity contribution < 1.29 is 13.9 Å². The van der Waals surface area contributed by atoms with E-state index in [0.29, 0.717) is 6.54 Å². The van der Waals surface area contributed by atoms with E-state index in [1.54, 1.807) is 17.6 Å². The van der Waals surface area contributed by atoms with Gasteiger partial charge in [-0.05, 0) is 43.3 Å². The maximum absolute atomic E-state index is 12.4. The summed E-state index contributed by atoms with van der Waals surface area (Å²) in [5, 5.41) is 5.07.